The van der Waals surface area contributed by atoms with Crippen molar-refractivity contribution in [1.29, 1.82) is 0 Å². The molecule has 1 fully saturated rings. The summed E-state index contributed by atoms with van der Waals surface area (Å²) in [4.78, 5) is 7.14. The van der Waals surface area contributed by atoms with Gasteiger partial charge in [0.05, 0.1) is 10.4 Å². The van der Waals surface area contributed by atoms with Crippen LogP contribution in [0.2, 0.25) is 0 Å². The molecule has 8 heteroatoms. The molecule has 21 heavy (non-hydrogen) atoms. The Labute approximate surface area is 132 Å². The van der Waals surface area contributed by atoms with Gasteiger partial charge >= 0.3 is 0 Å². The summed E-state index contributed by atoms with van der Waals surface area (Å²) in [6.45, 7) is 2.89. The lowest BCUT2D eigenvalue weighted by molar-refractivity contribution is 0.581. The fourth-order valence-electron chi connectivity index (χ4n) is 1.98. The first-order valence-electron chi connectivity index (χ1n) is 6.74. The summed E-state index contributed by atoms with van der Waals surface area (Å²) < 4.78 is 27.4. The molecule has 0 radical (unpaired) electrons. The van der Waals surface area contributed by atoms with Crippen molar-refractivity contribution in [1.82, 2.24) is 15.0 Å². The highest BCUT2D eigenvalue weighted by Crippen LogP contribution is 2.27. The molecule has 2 aromatic rings. The van der Waals surface area contributed by atoms with Gasteiger partial charge in [-0.1, -0.05) is 0 Å². The van der Waals surface area contributed by atoms with Crippen LogP contribution in [-0.2, 0) is 23.1 Å². The fourth-order valence-corrected chi connectivity index (χ4v) is 5.20. The number of aromatic nitrogens is 1. The highest BCUT2D eigenvalue weighted by atomic mass is 32.2. The van der Waals surface area contributed by atoms with Gasteiger partial charge in [-0.15, -0.1) is 22.7 Å². The van der Waals surface area contributed by atoms with Gasteiger partial charge < -0.3 is 5.32 Å². The van der Waals surface area contributed by atoms with Gasteiger partial charge in [0, 0.05) is 40.0 Å². The molecule has 2 aromatic heterocycles. The van der Waals surface area contributed by atoms with Crippen LogP contribution in [0.15, 0.2) is 22.7 Å². The molecule has 0 unspecified atom stereocenters. The molecule has 1 saturated carbocycles. The highest BCUT2D eigenvalue weighted by Gasteiger charge is 2.23. The minimum Gasteiger partial charge on any atom is -0.309 e. The van der Waals surface area contributed by atoms with Crippen LogP contribution in [0.4, 0.5) is 0 Å². The minimum absolute atomic E-state index is 0.290. The van der Waals surface area contributed by atoms with E-state index in [1.54, 1.807) is 29.1 Å². The number of aryl methyl sites for hydroxylation is 1. The van der Waals surface area contributed by atoms with Gasteiger partial charge in [-0.05, 0) is 25.8 Å². The van der Waals surface area contributed by atoms with E-state index in [1.165, 1.54) is 24.2 Å². The Morgan fingerprint density at radius 1 is 1.33 bits per heavy atom. The molecule has 0 spiro atoms. The first-order chi connectivity index (χ1) is 10.0. The quantitative estimate of drug-likeness (QED) is 0.809. The Morgan fingerprint density at radius 3 is 2.81 bits per heavy atom. The van der Waals surface area contributed by atoms with Crippen LogP contribution in [0.25, 0.3) is 0 Å². The molecule has 1 aliphatic rings. The van der Waals surface area contributed by atoms with Crippen molar-refractivity contribution in [2.24, 2.45) is 0 Å². The van der Waals surface area contributed by atoms with E-state index in [1.807, 2.05) is 6.92 Å². The van der Waals surface area contributed by atoms with E-state index < -0.39 is 10.0 Å². The molecule has 0 atom stereocenters. The largest absolute Gasteiger partial charge is 0.309 e. The molecule has 0 amide bonds. The van der Waals surface area contributed by atoms with Gasteiger partial charge in [0.25, 0.3) is 0 Å². The maximum absolute atomic E-state index is 12.4. The first kappa shape index (κ1) is 15.1. The van der Waals surface area contributed by atoms with E-state index in [4.69, 9.17) is 0 Å². The molecule has 0 aliphatic heterocycles. The van der Waals surface area contributed by atoms with E-state index in [-0.39, 0.29) is 6.54 Å². The number of thiophene rings is 1. The minimum atomic E-state index is -3.46. The molecule has 0 aromatic carbocycles. The molecular formula is C13H17N3O2S3. The predicted molar refractivity (Wildman–Crippen MR) is 85.1 cm³/mol. The molecule has 1 aliphatic carbocycles. The van der Waals surface area contributed by atoms with Crippen molar-refractivity contribution in [2.75, 3.05) is 0 Å². The third kappa shape index (κ3) is 3.89. The normalized spacial score (nSPS) is 15.5. The SMILES string of the molecule is Cc1sc(CNC2CC2)cc1S(=O)(=O)NCc1cncs1. The summed E-state index contributed by atoms with van der Waals surface area (Å²) in [7, 11) is -3.46. The van der Waals surface area contributed by atoms with Crippen LogP contribution >= 0.6 is 22.7 Å². The van der Waals surface area contributed by atoms with E-state index in [0.29, 0.717) is 10.9 Å². The number of thiazole rings is 1. The molecule has 0 saturated heterocycles. The van der Waals surface area contributed by atoms with E-state index in [9.17, 15) is 8.42 Å². The lowest BCUT2D eigenvalue weighted by atomic mass is 10.4. The summed E-state index contributed by atoms with van der Waals surface area (Å²) in [5, 5.41) is 3.41. The lowest BCUT2D eigenvalue weighted by Crippen LogP contribution is -2.23. The molecule has 0 bridgehead atoms. The number of hydrogen-bond acceptors (Lipinski definition) is 6. The van der Waals surface area contributed by atoms with Crippen molar-refractivity contribution in [3.8, 4) is 0 Å². The predicted octanol–water partition coefficient (Wildman–Crippen LogP) is 2.24. The van der Waals surface area contributed by atoms with Crippen LogP contribution in [0.5, 0.6) is 0 Å². The summed E-state index contributed by atoms with van der Waals surface area (Å²) in [5.74, 6) is 0. The molecule has 114 valence electrons. The Balaban J connectivity index is 1.68. The molecular weight excluding hydrogens is 326 g/mol. The monoisotopic (exact) mass is 343 g/mol. The Kier molecular flexibility index (Phi) is 4.41. The van der Waals surface area contributed by atoms with E-state index in [0.717, 1.165) is 21.2 Å². The van der Waals surface area contributed by atoms with Crippen LogP contribution < -0.4 is 10.0 Å². The van der Waals surface area contributed by atoms with Crippen molar-refractivity contribution in [2.45, 2.75) is 43.8 Å². The third-order valence-electron chi connectivity index (χ3n) is 3.27. The van der Waals surface area contributed by atoms with Crippen molar-refractivity contribution in [3.63, 3.8) is 0 Å². The molecule has 3 rings (SSSR count). The summed E-state index contributed by atoms with van der Waals surface area (Å²) in [6, 6.07) is 2.40. The van der Waals surface area contributed by atoms with Crippen molar-refractivity contribution < 1.29 is 8.42 Å². The second kappa shape index (κ2) is 6.13. The Morgan fingerprint density at radius 2 is 2.14 bits per heavy atom. The van der Waals surface area contributed by atoms with Gasteiger partial charge in [-0.2, -0.15) is 0 Å². The maximum Gasteiger partial charge on any atom is 0.242 e. The summed E-state index contributed by atoms with van der Waals surface area (Å²) in [6.07, 6.45) is 4.14. The average Bonchev–Trinajstić information content (AvgIpc) is 2.97. The smallest absolute Gasteiger partial charge is 0.242 e. The third-order valence-corrected chi connectivity index (χ3v) is 6.76. The summed E-state index contributed by atoms with van der Waals surface area (Å²) >= 11 is 2.98. The van der Waals surface area contributed by atoms with Crippen molar-refractivity contribution in [3.05, 3.63) is 32.4 Å². The zero-order valence-electron chi connectivity index (χ0n) is 11.6. The van der Waals surface area contributed by atoms with Crippen LogP contribution in [-0.4, -0.2) is 19.4 Å². The Bertz CT molecular complexity index is 703. The zero-order valence-corrected chi connectivity index (χ0v) is 14.1. The number of sulfonamides is 1. The maximum atomic E-state index is 12.4. The number of hydrogen-bond donors (Lipinski definition) is 2. The highest BCUT2D eigenvalue weighted by molar-refractivity contribution is 7.89. The van der Waals surface area contributed by atoms with E-state index in [2.05, 4.69) is 15.0 Å². The molecule has 2 heterocycles. The number of nitrogens with zero attached hydrogens (tertiary/aromatic N) is 1. The second-order valence-electron chi connectivity index (χ2n) is 5.08. The van der Waals surface area contributed by atoms with Crippen LogP contribution in [0.1, 0.15) is 27.5 Å². The Hall–Kier alpha value is -0.800. The standard InChI is InChI=1S/C13H17N3O2S3/c1-9-13(4-11(20-9)6-15-10-2-3-10)21(17,18)16-7-12-5-14-8-19-12/h4-5,8,10,15-16H,2-3,6-7H2,1H3. The zero-order chi connectivity index (χ0) is 14.9. The van der Waals surface area contributed by atoms with E-state index >= 15 is 0 Å². The topological polar surface area (TPSA) is 71.1 Å². The van der Waals surface area contributed by atoms with Crippen LogP contribution in [0, 0.1) is 6.92 Å². The van der Waals surface area contributed by atoms with Gasteiger partial charge in [0.15, 0.2) is 0 Å². The number of rotatable bonds is 7. The van der Waals surface area contributed by atoms with Gasteiger partial charge in [0.1, 0.15) is 0 Å². The first-order valence-corrected chi connectivity index (χ1v) is 9.92. The molecule has 5 nitrogen and oxygen atoms in total. The van der Waals surface area contributed by atoms with Gasteiger partial charge in [-0.3, -0.25) is 4.98 Å². The van der Waals surface area contributed by atoms with Crippen LogP contribution in [0.3, 0.4) is 0 Å². The van der Waals surface area contributed by atoms with Gasteiger partial charge in [0.2, 0.25) is 10.0 Å². The lowest BCUT2D eigenvalue weighted by Gasteiger charge is -2.04. The summed E-state index contributed by atoms with van der Waals surface area (Å²) in [5.41, 5.74) is 1.70. The second-order valence-corrected chi connectivity index (χ2v) is 9.13. The van der Waals surface area contributed by atoms with Gasteiger partial charge in [-0.25, -0.2) is 13.1 Å². The fraction of sp³-hybridized carbons (Fsp3) is 0.462. The van der Waals surface area contributed by atoms with Crippen molar-refractivity contribution >= 4 is 32.7 Å². The molecule has 2 N–H and O–H groups in total. The average molecular weight is 343 g/mol. The number of nitrogens with one attached hydrogen (secondary N) is 2.